The maximum Gasteiger partial charge on any atom is 0.129 e. The minimum absolute atomic E-state index is 0.919. The third kappa shape index (κ3) is 5.55. The summed E-state index contributed by atoms with van der Waals surface area (Å²) in [5, 5.41) is 1.28. The number of piperidine rings is 1. The van der Waals surface area contributed by atoms with Crippen molar-refractivity contribution in [2.24, 2.45) is 0 Å². The molecule has 2 aromatic rings. The monoisotopic (exact) mass is 409 g/mol. The Bertz CT molecular complexity index is 835. The number of aryl methyl sites for hydroxylation is 1. The quantitative estimate of drug-likeness (QED) is 0.410. The molecule has 2 fully saturated rings. The number of nitrogens with zero attached hydrogens (tertiary/aromatic N) is 3. The van der Waals surface area contributed by atoms with Gasteiger partial charge in [-0.1, -0.05) is 18.3 Å². The molecule has 3 heterocycles. The summed E-state index contributed by atoms with van der Waals surface area (Å²) in [6, 6.07) is 9.01. The van der Waals surface area contributed by atoms with Crippen LogP contribution in [0.3, 0.4) is 0 Å². The van der Waals surface area contributed by atoms with E-state index in [-0.39, 0.29) is 0 Å². The van der Waals surface area contributed by atoms with Gasteiger partial charge < -0.3 is 9.80 Å². The summed E-state index contributed by atoms with van der Waals surface area (Å²) >= 11 is 5.71. The molecule has 2 aliphatic rings. The van der Waals surface area contributed by atoms with Gasteiger partial charge in [0.25, 0.3) is 0 Å². The Labute approximate surface area is 181 Å². The lowest BCUT2D eigenvalue weighted by molar-refractivity contribution is 0.331. The summed E-state index contributed by atoms with van der Waals surface area (Å²) in [5.41, 5.74) is 3.78. The number of likely N-dealkylation sites (tertiary alicyclic amines) is 1. The number of thiocarbonyl (C=S) groups is 1. The highest BCUT2D eigenvalue weighted by atomic mass is 32.1. The van der Waals surface area contributed by atoms with Gasteiger partial charge >= 0.3 is 0 Å². The summed E-state index contributed by atoms with van der Waals surface area (Å²) in [7, 11) is 0. The lowest BCUT2D eigenvalue weighted by Crippen LogP contribution is -2.30. The number of fused-ring (bicyclic) bond motifs is 1. The van der Waals surface area contributed by atoms with Crippen molar-refractivity contribution in [1.82, 2.24) is 9.88 Å². The molecular formula is C25H35N3S. The predicted octanol–water partition coefficient (Wildman–Crippen LogP) is 5.71. The van der Waals surface area contributed by atoms with Crippen molar-refractivity contribution < 1.29 is 0 Å². The molecule has 0 radical (unpaired) electrons. The normalized spacial score (nSPS) is 17.9. The first-order valence-electron chi connectivity index (χ1n) is 11.6. The Morgan fingerprint density at radius 2 is 1.72 bits per heavy atom. The standard InChI is InChI=1S/C25H35N3S/c1-20-17-25(28-15-4-2-5-16-28)26-24-11-10-21(19-23(20)24)18-22(29)9-3-6-12-27-13-7-8-14-27/h10-11,17,19H,2-9,12-16,18H2,1H3. The molecular weight excluding hydrogens is 374 g/mol. The number of unbranched alkanes of at least 4 members (excludes halogenated alkanes) is 1. The molecule has 1 aromatic carbocycles. The second-order valence-electron chi connectivity index (χ2n) is 8.92. The van der Waals surface area contributed by atoms with E-state index in [1.807, 2.05) is 0 Å². The fraction of sp³-hybridized carbons (Fsp3) is 0.600. The van der Waals surface area contributed by atoms with Gasteiger partial charge in [0, 0.05) is 24.9 Å². The van der Waals surface area contributed by atoms with E-state index in [0.29, 0.717) is 0 Å². The Morgan fingerprint density at radius 1 is 0.966 bits per heavy atom. The molecule has 4 rings (SSSR count). The number of pyridine rings is 1. The van der Waals surface area contributed by atoms with E-state index >= 15 is 0 Å². The Kier molecular flexibility index (Phi) is 7.15. The number of hydrogen-bond donors (Lipinski definition) is 0. The van der Waals surface area contributed by atoms with Crippen molar-refractivity contribution in [3.63, 3.8) is 0 Å². The van der Waals surface area contributed by atoms with E-state index in [9.17, 15) is 0 Å². The van der Waals surface area contributed by atoms with Crippen molar-refractivity contribution >= 4 is 33.8 Å². The second-order valence-corrected chi connectivity index (χ2v) is 9.50. The largest absolute Gasteiger partial charge is 0.357 e. The fourth-order valence-corrected chi connectivity index (χ4v) is 5.11. The van der Waals surface area contributed by atoms with Crippen LogP contribution in [0.15, 0.2) is 24.3 Å². The van der Waals surface area contributed by atoms with Crippen molar-refractivity contribution in [3.05, 3.63) is 35.4 Å². The molecule has 0 spiro atoms. The molecule has 3 nitrogen and oxygen atoms in total. The molecule has 1 aromatic heterocycles. The maximum absolute atomic E-state index is 5.71. The van der Waals surface area contributed by atoms with Gasteiger partial charge in [-0.3, -0.25) is 0 Å². The molecule has 2 saturated heterocycles. The van der Waals surface area contributed by atoms with Gasteiger partial charge in [-0.15, -0.1) is 0 Å². The van der Waals surface area contributed by atoms with Gasteiger partial charge in [-0.2, -0.15) is 0 Å². The topological polar surface area (TPSA) is 19.4 Å². The van der Waals surface area contributed by atoms with Crippen LogP contribution in [-0.4, -0.2) is 47.5 Å². The zero-order chi connectivity index (χ0) is 20.1. The molecule has 0 amide bonds. The van der Waals surface area contributed by atoms with Gasteiger partial charge in [0.2, 0.25) is 0 Å². The first-order valence-corrected chi connectivity index (χ1v) is 12.0. The Balaban J connectivity index is 1.34. The fourth-order valence-electron chi connectivity index (χ4n) is 4.80. The van der Waals surface area contributed by atoms with Crippen LogP contribution in [0.1, 0.15) is 62.5 Å². The number of benzene rings is 1. The SMILES string of the molecule is Cc1cc(N2CCCCC2)nc2ccc(CC(=S)CCCCN3CCCC3)cc12. The van der Waals surface area contributed by atoms with E-state index in [4.69, 9.17) is 17.2 Å². The summed E-state index contributed by atoms with van der Waals surface area (Å²) in [4.78, 5) is 11.2. The Hall–Kier alpha value is -1.52. The lowest BCUT2D eigenvalue weighted by atomic mass is 10.0. The third-order valence-corrected chi connectivity index (χ3v) is 6.87. The van der Waals surface area contributed by atoms with Gasteiger partial charge in [0.1, 0.15) is 5.82 Å². The lowest BCUT2D eigenvalue weighted by Gasteiger charge is -2.28. The molecule has 0 aliphatic carbocycles. The third-order valence-electron chi connectivity index (χ3n) is 6.53. The highest BCUT2D eigenvalue weighted by Gasteiger charge is 2.14. The molecule has 29 heavy (non-hydrogen) atoms. The van der Waals surface area contributed by atoms with Gasteiger partial charge in [0.05, 0.1) is 5.52 Å². The van der Waals surface area contributed by atoms with E-state index in [2.05, 4.69) is 41.0 Å². The number of hydrogen-bond acceptors (Lipinski definition) is 4. The summed E-state index contributed by atoms with van der Waals surface area (Å²) in [6.07, 6.45) is 11.2. The molecule has 4 heteroatoms. The van der Waals surface area contributed by atoms with E-state index < -0.39 is 0 Å². The van der Waals surface area contributed by atoms with Crippen LogP contribution in [0.4, 0.5) is 5.82 Å². The highest BCUT2D eigenvalue weighted by Crippen LogP contribution is 2.26. The molecule has 0 N–H and O–H groups in total. The zero-order valence-electron chi connectivity index (χ0n) is 18.0. The van der Waals surface area contributed by atoms with Crippen LogP contribution in [0, 0.1) is 6.92 Å². The van der Waals surface area contributed by atoms with Crippen LogP contribution in [-0.2, 0) is 6.42 Å². The van der Waals surface area contributed by atoms with E-state index in [0.717, 1.165) is 37.3 Å². The van der Waals surface area contributed by atoms with Crippen molar-refractivity contribution in [2.45, 2.75) is 64.7 Å². The van der Waals surface area contributed by atoms with Crippen LogP contribution < -0.4 is 4.90 Å². The van der Waals surface area contributed by atoms with Crippen LogP contribution >= 0.6 is 12.2 Å². The van der Waals surface area contributed by atoms with E-state index in [1.165, 1.54) is 86.0 Å². The second kappa shape index (κ2) is 9.99. The minimum atomic E-state index is 0.919. The van der Waals surface area contributed by atoms with Crippen molar-refractivity contribution in [2.75, 3.05) is 37.6 Å². The average molecular weight is 410 g/mol. The number of aromatic nitrogens is 1. The van der Waals surface area contributed by atoms with E-state index in [1.54, 1.807) is 0 Å². The smallest absolute Gasteiger partial charge is 0.129 e. The first-order chi connectivity index (χ1) is 14.2. The molecule has 0 atom stereocenters. The zero-order valence-corrected chi connectivity index (χ0v) is 18.8. The summed E-state index contributed by atoms with van der Waals surface area (Å²) in [5.74, 6) is 1.15. The number of rotatable bonds is 8. The maximum atomic E-state index is 5.71. The summed E-state index contributed by atoms with van der Waals surface area (Å²) in [6.45, 7) is 8.35. The van der Waals surface area contributed by atoms with Crippen LogP contribution in [0.5, 0.6) is 0 Å². The van der Waals surface area contributed by atoms with Crippen LogP contribution in [0.2, 0.25) is 0 Å². The first kappa shape index (κ1) is 20.7. The number of anilines is 1. The summed E-state index contributed by atoms with van der Waals surface area (Å²) < 4.78 is 0. The van der Waals surface area contributed by atoms with Crippen molar-refractivity contribution in [1.29, 1.82) is 0 Å². The molecule has 0 unspecified atom stereocenters. The van der Waals surface area contributed by atoms with Crippen LogP contribution in [0.25, 0.3) is 10.9 Å². The van der Waals surface area contributed by atoms with Gasteiger partial charge in [0.15, 0.2) is 0 Å². The Morgan fingerprint density at radius 3 is 2.52 bits per heavy atom. The molecule has 0 saturated carbocycles. The average Bonchev–Trinajstić information content (AvgIpc) is 3.26. The minimum Gasteiger partial charge on any atom is -0.357 e. The van der Waals surface area contributed by atoms with Gasteiger partial charge in [-0.25, -0.2) is 4.98 Å². The molecule has 156 valence electrons. The molecule has 0 bridgehead atoms. The predicted molar refractivity (Wildman–Crippen MR) is 128 cm³/mol. The molecule has 2 aliphatic heterocycles. The van der Waals surface area contributed by atoms with Crippen molar-refractivity contribution in [3.8, 4) is 0 Å². The van der Waals surface area contributed by atoms with Gasteiger partial charge in [-0.05, 0) is 112 Å². The highest BCUT2D eigenvalue weighted by molar-refractivity contribution is 7.80.